The van der Waals surface area contributed by atoms with Crippen LogP contribution in [-0.2, 0) is 6.54 Å². The van der Waals surface area contributed by atoms with E-state index < -0.39 is 0 Å². The van der Waals surface area contributed by atoms with Gasteiger partial charge in [-0.05, 0) is 43.2 Å². The van der Waals surface area contributed by atoms with Gasteiger partial charge in [-0.3, -0.25) is 4.98 Å². The Morgan fingerprint density at radius 2 is 1.85 bits per heavy atom. The van der Waals surface area contributed by atoms with Crippen LogP contribution in [0.5, 0.6) is 0 Å². The minimum atomic E-state index is 0. The molecule has 0 aliphatic carbocycles. The maximum absolute atomic E-state index is 9.40. The van der Waals surface area contributed by atoms with Crippen molar-refractivity contribution in [3.63, 3.8) is 0 Å². The van der Waals surface area contributed by atoms with Gasteiger partial charge < -0.3 is 15.7 Å². The fourth-order valence-corrected chi connectivity index (χ4v) is 3.25. The highest BCUT2D eigenvalue weighted by Gasteiger charge is 2.25. The van der Waals surface area contributed by atoms with E-state index in [9.17, 15) is 5.11 Å². The summed E-state index contributed by atoms with van der Waals surface area (Å²) in [5, 5.41) is 17.3. The number of nitrogens with one attached hydrogen (secondary N) is 2. The number of guanidine groups is 1. The van der Waals surface area contributed by atoms with Gasteiger partial charge in [-0.25, -0.2) is 4.99 Å². The summed E-state index contributed by atoms with van der Waals surface area (Å²) in [6.07, 6.45) is 4.69. The highest BCUT2D eigenvalue weighted by molar-refractivity contribution is 14.0. The molecule has 0 bridgehead atoms. The predicted molar refractivity (Wildman–Crippen MR) is 125 cm³/mol. The van der Waals surface area contributed by atoms with Crippen LogP contribution in [0, 0.1) is 5.41 Å². The van der Waals surface area contributed by atoms with Crippen LogP contribution in [-0.4, -0.2) is 35.7 Å². The van der Waals surface area contributed by atoms with Gasteiger partial charge in [0.2, 0.25) is 0 Å². The van der Waals surface area contributed by atoms with E-state index in [1.54, 1.807) is 0 Å². The molecule has 1 aromatic heterocycles. The SMILES string of the molecule is CCNC(=NCc1cccc2cccnc12)NCC(CC)(CC)CCO.I. The standard InChI is InChI=1S/C21H32N4O.HI/c1-4-21(5-2,12-14-26)16-25-20(22-6-3)24-15-18-10-7-9-17-11-8-13-23-19(17)18;/h7-11,13,26H,4-6,12,14-16H2,1-3H3,(H2,22,24,25);1H. The molecule has 0 saturated carbocycles. The van der Waals surface area contributed by atoms with E-state index in [4.69, 9.17) is 4.99 Å². The highest BCUT2D eigenvalue weighted by Crippen LogP contribution is 2.29. The lowest BCUT2D eigenvalue weighted by molar-refractivity contribution is 0.169. The van der Waals surface area contributed by atoms with Gasteiger partial charge in [0.15, 0.2) is 5.96 Å². The summed E-state index contributed by atoms with van der Waals surface area (Å²) in [6, 6.07) is 10.2. The number of aromatic nitrogens is 1. The molecule has 0 unspecified atom stereocenters. The maximum Gasteiger partial charge on any atom is 0.191 e. The van der Waals surface area contributed by atoms with E-state index >= 15 is 0 Å². The Bertz CT molecular complexity index is 711. The molecule has 0 aliphatic heterocycles. The van der Waals surface area contributed by atoms with Crippen LogP contribution in [0.1, 0.15) is 45.6 Å². The highest BCUT2D eigenvalue weighted by atomic mass is 127. The average Bonchev–Trinajstić information content (AvgIpc) is 2.69. The Kier molecular flexibility index (Phi) is 10.6. The van der Waals surface area contributed by atoms with Gasteiger partial charge in [0.05, 0.1) is 12.1 Å². The monoisotopic (exact) mass is 484 g/mol. The summed E-state index contributed by atoms with van der Waals surface area (Å²) in [6.45, 7) is 8.86. The second-order valence-corrected chi connectivity index (χ2v) is 6.72. The van der Waals surface area contributed by atoms with E-state index in [1.807, 2.05) is 12.3 Å². The molecule has 5 nitrogen and oxygen atoms in total. The number of rotatable bonds is 9. The molecule has 0 fully saturated rings. The lowest BCUT2D eigenvalue weighted by Crippen LogP contribution is -2.43. The van der Waals surface area contributed by atoms with E-state index in [0.717, 1.165) is 54.8 Å². The number of hydrogen-bond donors (Lipinski definition) is 3. The quantitative estimate of drug-likeness (QED) is 0.285. The van der Waals surface area contributed by atoms with Crippen LogP contribution in [0.25, 0.3) is 10.9 Å². The number of para-hydroxylation sites is 1. The first-order valence-electron chi connectivity index (χ1n) is 9.63. The molecule has 0 atom stereocenters. The van der Waals surface area contributed by atoms with Gasteiger partial charge in [0, 0.05) is 31.3 Å². The first-order chi connectivity index (χ1) is 12.7. The minimum Gasteiger partial charge on any atom is -0.396 e. The third-order valence-corrected chi connectivity index (χ3v) is 5.24. The van der Waals surface area contributed by atoms with Gasteiger partial charge in [0.25, 0.3) is 0 Å². The molecule has 27 heavy (non-hydrogen) atoms. The van der Waals surface area contributed by atoms with Crippen molar-refractivity contribution in [2.75, 3.05) is 19.7 Å². The molecular formula is C21H33IN4O. The largest absolute Gasteiger partial charge is 0.396 e. The average molecular weight is 484 g/mol. The normalized spacial score (nSPS) is 11.9. The van der Waals surface area contributed by atoms with Crippen LogP contribution in [0.2, 0.25) is 0 Å². The van der Waals surface area contributed by atoms with Gasteiger partial charge in [-0.2, -0.15) is 0 Å². The maximum atomic E-state index is 9.40. The number of nitrogens with zero attached hydrogens (tertiary/aromatic N) is 2. The van der Waals surface area contributed by atoms with Crippen LogP contribution >= 0.6 is 24.0 Å². The molecular weight excluding hydrogens is 451 g/mol. The fourth-order valence-electron chi connectivity index (χ4n) is 3.25. The molecule has 0 saturated heterocycles. The molecule has 2 aromatic rings. The van der Waals surface area contributed by atoms with E-state index in [1.165, 1.54) is 0 Å². The van der Waals surface area contributed by atoms with E-state index in [-0.39, 0.29) is 36.0 Å². The molecule has 3 N–H and O–H groups in total. The van der Waals surface area contributed by atoms with Gasteiger partial charge >= 0.3 is 0 Å². The first-order valence-corrected chi connectivity index (χ1v) is 9.63. The van der Waals surface area contributed by atoms with Crippen molar-refractivity contribution in [3.05, 3.63) is 42.1 Å². The van der Waals surface area contributed by atoms with Crippen molar-refractivity contribution in [1.82, 2.24) is 15.6 Å². The van der Waals surface area contributed by atoms with Crippen LogP contribution in [0.3, 0.4) is 0 Å². The zero-order chi connectivity index (χ0) is 18.8. The zero-order valence-electron chi connectivity index (χ0n) is 16.7. The number of benzene rings is 1. The Balaban J connectivity index is 0.00000364. The summed E-state index contributed by atoms with van der Waals surface area (Å²) in [5.74, 6) is 0.810. The number of fused-ring (bicyclic) bond motifs is 1. The molecule has 0 spiro atoms. The predicted octanol–water partition coefficient (Wildman–Crippen LogP) is 4.10. The number of aliphatic hydroxyl groups excluding tert-OH is 1. The summed E-state index contributed by atoms with van der Waals surface area (Å²) in [4.78, 5) is 9.26. The number of aliphatic imine (C=N–C) groups is 1. The van der Waals surface area contributed by atoms with E-state index in [2.05, 4.69) is 60.7 Å². The summed E-state index contributed by atoms with van der Waals surface area (Å²) < 4.78 is 0. The molecule has 0 radical (unpaired) electrons. The van der Waals surface area contributed by atoms with Crippen molar-refractivity contribution >= 4 is 40.8 Å². The topological polar surface area (TPSA) is 69.5 Å². The third kappa shape index (κ3) is 6.60. The van der Waals surface area contributed by atoms with Crippen molar-refractivity contribution < 1.29 is 5.11 Å². The molecule has 1 aromatic carbocycles. The van der Waals surface area contributed by atoms with Crippen LogP contribution in [0.15, 0.2) is 41.5 Å². The molecule has 1 heterocycles. The molecule has 0 aliphatic rings. The van der Waals surface area contributed by atoms with E-state index in [0.29, 0.717) is 6.54 Å². The third-order valence-electron chi connectivity index (χ3n) is 5.24. The zero-order valence-corrected chi connectivity index (χ0v) is 19.0. The van der Waals surface area contributed by atoms with Crippen LogP contribution < -0.4 is 10.6 Å². The second kappa shape index (κ2) is 12.1. The van der Waals surface area contributed by atoms with Crippen molar-refractivity contribution in [1.29, 1.82) is 0 Å². The van der Waals surface area contributed by atoms with Gasteiger partial charge in [-0.15, -0.1) is 24.0 Å². The molecule has 2 rings (SSSR count). The lowest BCUT2D eigenvalue weighted by atomic mass is 9.79. The molecule has 150 valence electrons. The number of halogens is 1. The Hall–Kier alpha value is -1.41. The molecule has 0 amide bonds. The van der Waals surface area contributed by atoms with Crippen molar-refractivity contribution in [3.8, 4) is 0 Å². The number of aliphatic hydroxyl groups is 1. The number of pyridine rings is 1. The lowest BCUT2D eigenvalue weighted by Gasteiger charge is -2.32. The van der Waals surface area contributed by atoms with Crippen molar-refractivity contribution in [2.24, 2.45) is 10.4 Å². The summed E-state index contributed by atoms with van der Waals surface area (Å²) in [7, 11) is 0. The minimum absolute atomic E-state index is 0. The van der Waals surface area contributed by atoms with Crippen molar-refractivity contribution in [2.45, 2.75) is 46.6 Å². The Morgan fingerprint density at radius 1 is 1.11 bits per heavy atom. The summed E-state index contributed by atoms with van der Waals surface area (Å²) >= 11 is 0. The van der Waals surface area contributed by atoms with Crippen LogP contribution in [0.4, 0.5) is 0 Å². The smallest absolute Gasteiger partial charge is 0.191 e. The Morgan fingerprint density at radius 3 is 2.52 bits per heavy atom. The van der Waals surface area contributed by atoms with Gasteiger partial charge in [-0.1, -0.05) is 38.1 Å². The second-order valence-electron chi connectivity index (χ2n) is 6.72. The fraction of sp³-hybridized carbons (Fsp3) is 0.524. The summed E-state index contributed by atoms with van der Waals surface area (Å²) in [5.41, 5.74) is 2.23. The Labute approximate surface area is 180 Å². The van der Waals surface area contributed by atoms with Gasteiger partial charge in [0.1, 0.15) is 0 Å². The first kappa shape index (κ1) is 23.6. The number of hydrogen-bond acceptors (Lipinski definition) is 3. The molecule has 6 heteroatoms.